The molecule has 0 radical (unpaired) electrons. The molecule has 1 aromatic rings. The summed E-state index contributed by atoms with van der Waals surface area (Å²) in [6.07, 6.45) is 6.38. The Bertz CT molecular complexity index is 759. The van der Waals surface area contributed by atoms with Gasteiger partial charge in [0, 0.05) is 24.5 Å². The van der Waals surface area contributed by atoms with Crippen LogP contribution in [0, 0.1) is 28.6 Å². The predicted octanol–water partition coefficient (Wildman–Crippen LogP) is 4.77. The maximum atomic E-state index is 6.41. The third-order valence-electron chi connectivity index (χ3n) is 9.04. The largest absolute Gasteiger partial charge is 0.365 e. The molecule has 4 bridgehead atoms. The fourth-order valence-electron chi connectivity index (χ4n) is 7.55. The Balaban J connectivity index is 1.49. The van der Waals surface area contributed by atoms with Crippen LogP contribution in [0.4, 0.5) is 0 Å². The molecule has 1 aromatic carbocycles. The van der Waals surface area contributed by atoms with Crippen LogP contribution < -0.4 is 5.73 Å². The number of rotatable bonds is 2. The molecule has 0 amide bonds. The average Bonchev–Trinajstić information content (AvgIpc) is 3.02. The lowest BCUT2D eigenvalue weighted by Crippen LogP contribution is -2.56. The number of benzene rings is 1. The molecule has 3 heteroatoms. The van der Waals surface area contributed by atoms with Gasteiger partial charge in [0.05, 0.1) is 4.99 Å². The molecule has 2 nitrogen and oxygen atoms in total. The molecule has 4 saturated carbocycles. The van der Waals surface area contributed by atoms with Crippen LogP contribution in [0.2, 0.25) is 0 Å². The minimum atomic E-state index is 0.150. The van der Waals surface area contributed by atoms with Gasteiger partial charge in [-0.1, -0.05) is 63.3 Å². The third-order valence-corrected chi connectivity index (χ3v) is 9.71. The maximum absolute atomic E-state index is 6.41. The quantitative estimate of drug-likeness (QED) is 0.747. The van der Waals surface area contributed by atoms with E-state index in [4.69, 9.17) is 18.0 Å². The van der Waals surface area contributed by atoms with E-state index in [1.54, 1.807) is 5.56 Å². The second-order valence-corrected chi connectivity index (χ2v) is 11.3. The molecule has 0 aromatic heterocycles. The highest BCUT2D eigenvalue weighted by molar-refractivity contribution is 7.80. The van der Waals surface area contributed by atoms with Crippen LogP contribution in [-0.4, -0.2) is 29.0 Å². The van der Waals surface area contributed by atoms with Crippen molar-refractivity contribution in [3.05, 3.63) is 35.9 Å². The lowest BCUT2D eigenvalue weighted by Gasteiger charge is -2.49. The molecular formula is C24H34N2S. The normalized spacial score (nSPS) is 44.7. The van der Waals surface area contributed by atoms with Crippen LogP contribution in [-0.2, 0) is 5.41 Å². The number of hydrogen-bond donors (Lipinski definition) is 1. The molecule has 6 rings (SSSR count). The number of likely N-dealkylation sites (tertiary alicyclic amines) is 1. The summed E-state index contributed by atoms with van der Waals surface area (Å²) in [5.41, 5.74) is 8.75. The Morgan fingerprint density at radius 3 is 2.59 bits per heavy atom. The highest BCUT2D eigenvalue weighted by Gasteiger charge is 2.69. The van der Waals surface area contributed by atoms with E-state index in [9.17, 15) is 0 Å². The number of nitrogens with zero attached hydrogens (tertiary/aromatic N) is 1. The van der Waals surface area contributed by atoms with Gasteiger partial charge in [-0.25, -0.2) is 0 Å². The summed E-state index contributed by atoms with van der Waals surface area (Å²) in [5.74, 6) is 2.43. The lowest BCUT2D eigenvalue weighted by atomic mass is 9.62. The first-order chi connectivity index (χ1) is 12.8. The zero-order valence-corrected chi connectivity index (χ0v) is 17.9. The van der Waals surface area contributed by atoms with Crippen molar-refractivity contribution in [2.24, 2.45) is 34.3 Å². The Morgan fingerprint density at radius 1 is 1.15 bits per heavy atom. The van der Waals surface area contributed by atoms with Crippen LogP contribution in [0.5, 0.6) is 0 Å². The topological polar surface area (TPSA) is 29.3 Å². The van der Waals surface area contributed by atoms with E-state index in [2.05, 4.69) is 56.0 Å². The molecule has 5 aliphatic rings. The van der Waals surface area contributed by atoms with Crippen molar-refractivity contribution in [2.45, 2.75) is 64.3 Å². The molecule has 0 spiro atoms. The first-order valence-electron chi connectivity index (χ1n) is 10.9. The Hall–Kier alpha value is -0.930. The van der Waals surface area contributed by atoms with Crippen molar-refractivity contribution in [1.29, 1.82) is 0 Å². The molecule has 2 N–H and O–H groups in total. The van der Waals surface area contributed by atoms with Gasteiger partial charge in [-0.3, -0.25) is 0 Å². The van der Waals surface area contributed by atoms with Gasteiger partial charge < -0.3 is 10.6 Å². The summed E-state index contributed by atoms with van der Waals surface area (Å²) >= 11 is 6.31. The van der Waals surface area contributed by atoms with E-state index < -0.39 is 0 Å². The smallest absolute Gasteiger partial charge is 0.0845 e. The Kier molecular flexibility index (Phi) is 3.89. The number of nitrogens with two attached hydrogens (primary N) is 1. The van der Waals surface area contributed by atoms with Gasteiger partial charge in [0.25, 0.3) is 0 Å². The molecule has 6 atom stereocenters. The molecule has 1 aliphatic heterocycles. The fourth-order valence-corrected chi connectivity index (χ4v) is 8.01. The van der Waals surface area contributed by atoms with Gasteiger partial charge in [-0.2, -0.15) is 0 Å². The summed E-state index contributed by atoms with van der Waals surface area (Å²) in [7, 11) is 0. The first kappa shape index (κ1) is 18.1. The van der Waals surface area contributed by atoms with E-state index in [0.717, 1.165) is 37.3 Å². The van der Waals surface area contributed by atoms with E-state index in [0.29, 0.717) is 11.5 Å². The molecule has 27 heavy (non-hydrogen) atoms. The minimum Gasteiger partial charge on any atom is -0.365 e. The van der Waals surface area contributed by atoms with Gasteiger partial charge in [-0.15, -0.1) is 0 Å². The molecule has 5 fully saturated rings. The van der Waals surface area contributed by atoms with Crippen molar-refractivity contribution in [2.75, 3.05) is 13.1 Å². The minimum absolute atomic E-state index is 0.150. The summed E-state index contributed by atoms with van der Waals surface area (Å²) < 4.78 is 0. The van der Waals surface area contributed by atoms with Gasteiger partial charge in [-0.05, 0) is 66.3 Å². The summed E-state index contributed by atoms with van der Waals surface area (Å²) in [6.45, 7) is 9.22. The second kappa shape index (κ2) is 5.79. The SMILES string of the molecule is CC1C2CC3(c4ccccc4)CC1C(C(=S)N1CC[C@H](N)C(C)(C)C1)(C2)C3. The van der Waals surface area contributed by atoms with Crippen LogP contribution in [0.15, 0.2) is 30.3 Å². The van der Waals surface area contributed by atoms with Crippen molar-refractivity contribution in [3.8, 4) is 0 Å². The van der Waals surface area contributed by atoms with E-state index in [1.165, 1.54) is 30.7 Å². The molecule has 146 valence electrons. The maximum Gasteiger partial charge on any atom is 0.0845 e. The van der Waals surface area contributed by atoms with Crippen molar-refractivity contribution < 1.29 is 0 Å². The summed E-state index contributed by atoms with van der Waals surface area (Å²) in [6, 6.07) is 11.6. The van der Waals surface area contributed by atoms with Crippen LogP contribution in [0.3, 0.4) is 0 Å². The fraction of sp³-hybridized carbons (Fsp3) is 0.708. The molecule has 4 aliphatic carbocycles. The average molecular weight is 383 g/mol. The molecule has 1 heterocycles. The van der Waals surface area contributed by atoms with E-state index >= 15 is 0 Å². The summed E-state index contributed by atoms with van der Waals surface area (Å²) in [4.78, 5) is 3.85. The van der Waals surface area contributed by atoms with Gasteiger partial charge in [0.15, 0.2) is 0 Å². The van der Waals surface area contributed by atoms with Gasteiger partial charge >= 0.3 is 0 Å². The monoisotopic (exact) mass is 382 g/mol. The molecule has 1 saturated heterocycles. The number of thiocarbonyl (C=S) groups is 1. The highest BCUT2D eigenvalue weighted by Crippen LogP contribution is 2.73. The zero-order valence-electron chi connectivity index (χ0n) is 17.1. The van der Waals surface area contributed by atoms with Gasteiger partial charge in [0.2, 0.25) is 0 Å². The molecule has 5 unspecified atom stereocenters. The lowest BCUT2D eigenvalue weighted by molar-refractivity contribution is 0.133. The predicted molar refractivity (Wildman–Crippen MR) is 116 cm³/mol. The van der Waals surface area contributed by atoms with Crippen LogP contribution in [0.25, 0.3) is 0 Å². The highest BCUT2D eigenvalue weighted by atomic mass is 32.1. The van der Waals surface area contributed by atoms with Crippen molar-refractivity contribution in [1.82, 2.24) is 4.90 Å². The number of piperidine rings is 1. The Morgan fingerprint density at radius 2 is 1.89 bits per heavy atom. The number of hydrogen-bond acceptors (Lipinski definition) is 2. The summed E-state index contributed by atoms with van der Waals surface area (Å²) in [5, 5.41) is 0. The van der Waals surface area contributed by atoms with E-state index in [1.807, 2.05) is 0 Å². The van der Waals surface area contributed by atoms with Gasteiger partial charge in [0.1, 0.15) is 0 Å². The van der Waals surface area contributed by atoms with Crippen LogP contribution in [0.1, 0.15) is 58.4 Å². The Labute approximate surface area is 169 Å². The van der Waals surface area contributed by atoms with Crippen LogP contribution >= 0.6 is 12.2 Å². The first-order valence-corrected chi connectivity index (χ1v) is 11.3. The third kappa shape index (κ3) is 2.43. The zero-order chi connectivity index (χ0) is 19.0. The van der Waals surface area contributed by atoms with Crippen molar-refractivity contribution in [3.63, 3.8) is 0 Å². The second-order valence-electron chi connectivity index (χ2n) is 10.9. The van der Waals surface area contributed by atoms with E-state index in [-0.39, 0.29) is 10.8 Å². The molecular weight excluding hydrogens is 348 g/mol. The van der Waals surface area contributed by atoms with Crippen molar-refractivity contribution >= 4 is 17.2 Å². The standard InChI is InChI=1S/C24H34N2S/c1-16-17-11-23(18-7-5-4-6-8-18)13-19(16)24(12-17,14-23)21(27)26-10-9-20(25)22(2,3)15-26/h4-8,16-17,19-20H,9-15,25H2,1-3H3/t16?,17?,19?,20-,23?,24?/m0/s1.